The van der Waals surface area contributed by atoms with Crippen LogP contribution in [0.5, 0.6) is 0 Å². The first-order valence-corrected chi connectivity index (χ1v) is 14.8. The Balaban J connectivity index is 0.00000107. The van der Waals surface area contributed by atoms with Gasteiger partial charge in [-0.05, 0) is 95.5 Å². The van der Waals surface area contributed by atoms with Crippen LogP contribution in [0.15, 0.2) is 97.1 Å². The van der Waals surface area contributed by atoms with Crippen molar-refractivity contribution in [3.8, 4) is 11.1 Å². The zero-order valence-corrected chi connectivity index (χ0v) is 25.9. The van der Waals surface area contributed by atoms with E-state index in [1.807, 2.05) is 41.5 Å². The van der Waals surface area contributed by atoms with Crippen LogP contribution in [-0.4, -0.2) is 0 Å². The lowest BCUT2D eigenvalue weighted by atomic mass is 9.67. The number of hydrogen-bond donors (Lipinski definition) is 0. The maximum atomic E-state index is 2.39. The molecule has 0 saturated heterocycles. The molecule has 0 bridgehead atoms. The van der Waals surface area contributed by atoms with Crippen molar-refractivity contribution >= 4 is 12.2 Å². The van der Waals surface area contributed by atoms with E-state index in [0.29, 0.717) is 0 Å². The number of rotatable bonds is 4. The van der Waals surface area contributed by atoms with Gasteiger partial charge in [-0.3, -0.25) is 0 Å². The van der Waals surface area contributed by atoms with E-state index in [0.717, 1.165) is 0 Å². The van der Waals surface area contributed by atoms with Gasteiger partial charge in [0, 0.05) is 0 Å². The molecule has 0 N–H and O–H groups in total. The van der Waals surface area contributed by atoms with Gasteiger partial charge in [0.2, 0.25) is 0 Å². The lowest BCUT2D eigenvalue weighted by Crippen LogP contribution is -2.29. The molecule has 0 saturated carbocycles. The smallest absolute Gasteiger partial charge is 0.0713 e. The van der Waals surface area contributed by atoms with E-state index in [-0.39, 0.29) is 12.8 Å². The summed E-state index contributed by atoms with van der Waals surface area (Å²) in [4.78, 5) is 0. The minimum atomic E-state index is -0.360. The Hall–Kier alpha value is -3.64. The van der Waals surface area contributed by atoms with Crippen molar-refractivity contribution in [2.45, 2.75) is 82.1 Å². The number of hydrogen-bond acceptors (Lipinski definition) is 0. The third-order valence-electron chi connectivity index (χ3n) is 7.07. The third-order valence-corrected chi connectivity index (χ3v) is 7.07. The highest BCUT2D eigenvalue weighted by atomic mass is 14.5. The molecular weight excluding hydrogens is 480 g/mol. The van der Waals surface area contributed by atoms with Crippen molar-refractivity contribution < 1.29 is 0 Å². The minimum absolute atomic E-state index is 0. The number of benzene rings is 4. The zero-order valence-electron chi connectivity index (χ0n) is 25.9. The van der Waals surface area contributed by atoms with E-state index in [9.17, 15) is 0 Å². The second-order valence-electron chi connectivity index (χ2n) is 8.98. The van der Waals surface area contributed by atoms with E-state index in [1.54, 1.807) is 0 Å². The fourth-order valence-corrected chi connectivity index (χ4v) is 5.49. The van der Waals surface area contributed by atoms with Crippen LogP contribution in [0.2, 0.25) is 0 Å². The fourth-order valence-electron chi connectivity index (χ4n) is 5.49. The quantitative estimate of drug-likeness (QED) is 0.216. The van der Waals surface area contributed by atoms with E-state index in [4.69, 9.17) is 0 Å². The van der Waals surface area contributed by atoms with Gasteiger partial charge in [-0.1, -0.05) is 146 Å². The lowest BCUT2D eigenvalue weighted by molar-refractivity contribution is 0.767. The first-order valence-electron chi connectivity index (χ1n) is 14.8. The van der Waals surface area contributed by atoms with Crippen LogP contribution >= 0.6 is 0 Å². The van der Waals surface area contributed by atoms with E-state index < -0.39 is 0 Å². The molecule has 0 fully saturated rings. The van der Waals surface area contributed by atoms with Gasteiger partial charge in [0.15, 0.2) is 0 Å². The zero-order chi connectivity index (χ0) is 29.0. The predicted octanol–water partition coefficient (Wildman–Crippen LogP) is 12.4. The maximum Gasteiger partial charge on any atom is 0.0713 e. The summed E-state index contributed by atoms with van der Waals surface area (Å²) in [7, 11) is 0. The molecule has 1 aliphatic carbocycles. The van der Waals surface area contributed by atoms with E-state index in [1.165, 1.54) is 55.6 Å². The molecule has 0 heterocycles. The molecule has 5 rings (SSSR count). The Labute approximate surface area is 246 Å². The summed E-state index contributed by atoms with van der Waals surface area (Å²) >= 11 is 0. The Morgan fingerprint density at radius 2 is 0.850 bits per heavy atom. The van der Waals surface area contributed by atoms with Crippen LogP contribution in [-0.2, 0) is 5.41 Å². The summed E-state index contributed by atoms with van der Waals surface area (Å²) in [6.07, 6.45) is 8.70. The SMILES string of the molecule is C.C/C=C\c1cc(C2(c3ccc(C)c(/C=C\C)c3)c3ccccc3-c3ccccc32)ccc1C.CC.CC.CC. The monoisotopic (exact) mass is 532 g/mol. The van der Waals surface area contributed by atoms with Crippen molar-refractivity contribution in [3.05, 3.63) is 142 Å². The van der Waals surface area contributed by atoms with Crippen LogP contribution < -0.4 is 0 Å². The van der Waals surface area contributed by atoms with Gasteiger partial charge in [-0.25, -0.2) is 0 Å². The Morgan fingerprint density at radius 1 is 0.500 bits per heavy atom. The fraction of sp³-hybridized carbons (Fsp3) is 0.300. The largest absolute Gasteiger partial charge is 0.0871 e. The molecule has 1 aliphatic rings. The molecule has 0 aromatic heterocycles. The summed E-state index contributed by atoms with van der Waals surface area (Å²) in [5, 5.41) is 0. The predicted molar refractivity (Wildman–Crippen MR) is 183 cm³/mol. The molecule has 0 radical (unpaired) electrons. The number of allylic oxidation sites excluding steroid dienone is 2. The Bertz CT molecular complexity index is 1290. The van der Waals surface area contributed by atoms with Crippen molar-refractivity contribution in [2.24, 2.45) is 0 Å². The second-order valence-corrected chi connectivity index (χ2v) is 8.98. The highest BCUT2D eigenvalue weighted by Crippen LogP contribution is 2.56. The normalized spacial score (nSPS) is 12.1. The average Bonchev–Trinajstić information content (AvgIpc) is 3.30. The average molecular weight is 533 g/mol. The van der Waals surface area contributed by atoms with Gasteiger partial charge < -0.3 is 0 Å². The van der Waals surface area contributed by atoms with Crippen LogP contribution in [0.1, 0.15) is 107 Å². The van der Waals surface area contributed by atoms with Crippen LogP contribution in [0.3, 0.4) is 0 Å². The maximum absolute atomic E-state index is 2.39. The van der Waals surface area contributed by atoms with Crippen LogP contribution in [0, 0.1) is 13.8 Å². The third kappa shape index (κ3) is 6.23. The van der Waals surface area contributed by atoms with Gasteiger partial charge >= 0.3 is 0 Å². The summed E-state index contributed by atoms with van der Waals surface area (Å²) < 4.78 is 0. The molecule has 0 unspecified atom stereocenters. The molecule has 0 nitrogen and oxygen atoms in total. The minimum Gasteiger partial charge on any atom is -0.0871 e. The molecular formula is C40H52. The van der Waals surface area contributed by atoms with Gasteiger partial charge in [-0.2, -0.15) is 0 Å². The molecule has 212 valence electrons. The number of aryl methyl sites for hydroxylation is 2. The van der Waals surface area contributed by atoms with E-state index in [2.05, 4.69) is 137 Å². The van der Waals surface area contributed by atoms with Gasteiger partial charge in [0.25, 0.3) is 0 Å². The Morgan fingerprint density at radius 3 is 1.20 bits per heavy atom. The van der Waals surface area contributed by atoms with Crippen molar-refractivity contribution in [3.63, 3.8) is 0 Å². The molecule has 4 aromatic rings. The Kier molecular flexibility index (Phi) is 14.2. The molecule has 40 heavy (non-hydrogen) atoms. The highest BCUT2D eigenvalue weighted by Gasteiger charge is 2.46. The van der Waals surface area contributed by atoms with Gasteiger partial charge in [0.1, 0.15) is 0 Å². The summed E-state index contributed by atoms with van der Waals surface area (Å²) in [6.45, 7) is 20.6. The van der Waals surface area contributed by atoms with Crippen LogP contribution in [0.25, 0.3) is 23.3 Å². The highest BCUT2D eigenvalue weighted by molar-refractivity contribution is 5.86. The standard InChI is InChI=1S/C33H30.3C2H6.CH4/c1-5-11-25-21-27(19-17-23(25)3)33(28-20-18-24(4)26(22-28)12-6-2)31-15-9-7-13-29(31)30-14-8-10-16-32(30)33;3*1-2;/h5-22H,1-4H3;3*1-2H3;1H4/b11-5-,12-6-;;;;. The van der Waals surface area contributed by atoms with Crippen LogP contribution in [0.4, 0.5) is 0 Å². The van der Waals surface area contributed by atoms with Crippen molar-refractivity contribution in [1.82, 2.24) is 0 Å². The molecule has 0 aliphatic heterocycles. The lowest BCUT2D eigenvalue weighted by Gasteiger charge is -2.34. The summed E-state index contributed by atoms with van der Waals surface area (Å²) in [5.41, 5.74) is 12.8. The van der Waals surface area contributed by atoms with Gasteiger partial charge in [0.05, 0.1) is 5.41 Å². The van der Waals surface area contributed by atoms with E-state index >= 15 is 0 Å². The summed E-state index contributed by atoms with van der Waals surface area (Å²) in [5.74, 6) is 0. The summed E-state index contributed by atoms with van der Waals surface area (Å²) in [6, 6.07) is 31.9. The number of fused-ring (bicyclic) bond motifs is 3. The first kappa shape index (κ1) is 34.4. The van der Waals surface area contributed by atoms with Gasteiger partial charge in [-0.15, -0.1) is 0 Å². The molecule has 0 atom stereocenters. The molecule has 0 heteroatoms. The second kappa shape index (κ2) is 16.5. The molecule has 0 amide bonds. The first-order chi connectivity index (χ1) is 19.1. The topological polar surface area (TPSA) is 0 Å². The van der Waals surface area contributed by atoms with Crippen molar-refractivity contribution in [1.29, 1.82) is 0 Å². The molecule has 4 aromatic carbocycles. The molecule has 0 spiro atoms. The van der Waals surface area contributed by atoms with Crippen molar-refractivity contribution in [2.75, 3.05) is 0 Å².